The normalized spacial score (nSPS) is 18.7. The van der Waals surface area contributed by atoms with Gasteiger partial charge in [0.05, 0.1) is 6.54 Å². The summed E-state index contributed by atoms with van der Waals surface area (Å²) < 4.78 is 0. The van der Waals surface area contributed by atoms with E-state index in [2.05, 4.69) is 16.1 Å². The van der Waals surface area contributed by atoms with Crippen molar-refractivity contribution < 1.29 is 14.4 Å². The Morgan fingerprint density at radius 3 is 2.46 bits per heavy atom. The quantitative estimate of drug-likeness (QED) is 0.624. The number of nitrogens with zero attached hydrogens (tertiary/aromatic N) is 1. The first-order valence-corrected chi connectivity index (χ1v) is 9.76. The van der Waals surface area contributed by atoms with Crippen LogP contribution in [0.15, 0.2) is 64.4 Å². The van der Waals surface area contributed by atoms with E-state index < -0.39 is 23.4 Å². The molecule has 1 saturated heterocycles. The fourth-order valence-electron chi connectivity index (χ4n) is 2.68. The molecule has 3 rings (SSSR count). The van der Waals surface area contributed by atoms with E-state index in [1.165, 1.54) is 0 Å². The smallest absolute Gasteiger partial charge is 0.344 e. The Hall–Kier alpha value is -3.00. The SMILES string of the molecule is CCC1(C)NC(=O)N(NC(=O)CNc2ccccc2Sc2ccccc2)C1=O. The topological polar surface area (TPSA) is 90.5 Å². The van der Waals surface area contributed by atoms with Crippen molar-refractivity contribution in [2.45, 2.75) is 35.6 Å². The number of carbonyl (C=O) groups is 3. The summed E-state index contributed by atoms with van der Waals surface area (Å²) in [6, 6.07) is 16.9. The number of carbonyl (C=O) groups excluding carboxylic acids is 3. The van der Waals surface area contributed by atoms with Crippen LogP contribution in [-0.4, -0.2) is 34.9 Å². The number of anilines is 1. The summed E-state index contributed by atoms with van der Waals surface area (Å²) >= 11 is 1.58. The van der Waals surface area contributed by atoms with Crippen molar-refractivity contribution in [2.24, 2.45) is 0 Å². The molecule has 0 bridgehead atoms. The van der Waals surface area contributed by atoms with Crippen molar-refractivity contribution in [1.82, 2.24) is 15.8 Å². The maximum atomic E-state index is 12.3. The van der Waals surface area contributed by atoms with Crippen LogP contribution in [0, 0.1) is 0 Å². The fourth-order valence-corrected chi connectivity index (χ4v) is 3.63. The van der Waals surface area contributed by atoms with Crippen LogP contribution < -0.4 is 16.1 Å². The molecule has 0 aliphatic carbocycles. The summed E-state index contributed by atoms with van der Waals surface area (Å²) in [5, 5.41) is 6.41. The lowest BCUT2D eigenvalue weighted by Gasteiger charge is -2.19. The monoisotopic (exact) mass is 398 g/mol. The van der Waals surface area contributed by atoms with Crippen molar-refractivity contribution >= 4 is 35.3 Å². The zero-order chi connectivity index (χ0) is 20.1. The van der Waals surface area contributed by atoms with Crippen LogP contribution in [0.5, 0.6) is 0 Å². The molecule has 3 N–H and O–H groups in total. The van der Waals surface area contributed by atoms with Gasteiger partial charge in [0, 0.05) is 15.5 Å². The maximum absolute atomic E-state index is 12.3. The van der Waals surface area contributed by atoms with Crippen LogP contribution in [0.2, 0.25) is 0 Å². The van der Waals surface area contributed by atoms with Crippen LogP contribution in [0.25, 0.3) is 0 Å². The third-order valence-corrected chi connectivity index (χ3v) is 5.59. The molecule has 4 amide bonds. The Kier molecular flexibility index (Phi) is 5.89. The highest BCUT2D eigenvalue weighted by Crippen LogP contribution is 2.33. The number of rotatable bonds is 7. The molecule has 8 heteroatoms. The van der Waals surface area contributed by atoms with Gasteiger partial charge in [-0.2, -0.15) is 5.01 Å². The number of urea groups is 1. The molecule has 0 saturated carbocycles. The van der Waals surface area contributed by atoms with Crippen molar-refractivity contribution in [3.63, 3.8) is 0 Å². The molecule has 1 aliphatic heterocycles. The number of hydrogen-bond donors (Lipinski definition) is 3. The van der Waals surface area contributed by atoms with E-state index in [-0.39, 0.29) is 6.54 Å². The molecule has 7 nitrogen and oxygen atoms in total. The number of hydrogen-bond acceptors (Lipinski definition) is 5. The highest BCUT2D eigenvalue weighted by Gasteiger charge is 2.47. The van der Waals surface area contributed by atoms with Gasteiger partial charge in [-0.05, 0) is 37.6 Å². The second kappa shape index (κ2) is 8.35. The van der Waals surface area contributed by atoms with Crippen LogP contribution in [-0.2, 0) is 9.59 Å². The van der Waals surface area contributed by atoms with Crippen molar-refractivity contribution in [2.75, 3.05) is 11.9 Å². The van der Waals surface area contributed by atoms with Gasteiger partial charge >= 0.3 is 6.03 Å². The summed E-state index contributed by atoms with van der Waals surface area (Å²) in [7, 11) is 0. The minimum absolute atomic E-state index is 0.0771. The highest BCUT2D eigenvalue weighted by molar-refractivity contribution is 7.99. The number of amides is 4. The van der Waals surface area contributed by atoms with Gasteiger partial charge in [0.2, 0.25) is 0 Å². The van der Waals surface area contributed by atoms with Gasteiger partial charge in [-0.1, -0.05) is 49.0 Å². The third-order valence-electron chi connectivity index (χ3n) is 4.50. The summed E-state index contributed by atoms with van der Waals surface area (Å²) in [6.07, 6.45) is 0.437. The Morgan fingerprint density at radius 2 is 1.79 bits per heavy atom. The summed E-state index contributed by atoms with van der Waals surface area (Å²) in [5.41, 5.74) is 2.18. The zero-order valence-corrected chi connectivity index (χ0v) is 16.5. The average Bonchev–Trinajstić information content (AvgIpc) is 2.92. The first-order valence-electron chi connectivity index (χ1n) is 8.95. The predicted octanol–water partition coefficient (Wildman–Crippen LogP) is 3.00. The summed E-state index contributed by atoms with van der Waals surface area (Å²) in [4.78, 5) is 38.7. The first kappa shape index (κ1) is 19.8. The van der Waals surface area contributed by atoms with Gasteiger partial charge in [-0.3, -0.25) is 15.0 Å². The number of hydrazine groups is 1. The second-order valence-corrected chi connectivity index (χ2v) is 7.67. The molecule has 1 fully saturated rings. The molecule has 1 aliphatic rings. The molecule has 146 valence electrons. The Bertz CT molecular complexity index is 890. The number of imide groups is 1. The van der Waals surface area contributed by atoms with Crippen LogP contribution >= 0.6 is 11.8 Å². The average molecular weight is 398 g/mol. The van der Waals surface area contributed by atoms with Crippen LogP contribution in [0.3, 0.4) is 0 Å². The van der Waals surface area contributed by atoms with E-state index >= 15 is 0 Å². The van der Waals surface area contributed by atoms with Gasteiger partial charge < -0.3 is 10.6 Å². The lowest BCUT2D eigenvalue weighted by molar-refractivity contribution is -0.138. The van der Waals surface area contributed by atoms with E-state index in [4.69, 9.17) is 0 Å². The van der Waals surface area contributed by atoms with Crippen molar-refractivity contribution in [1.29, 1.82) is 0 Å². The molecule has 0 radical (unpaired) electrons. The lowest BCUT2D eigenvalue weighted by Crippen LogP contribution is -2.50. The molecule has 1 heterocycles. The highest BCUT2D eigenvalue weighted by atomic mass is 32.2. The molecule has 1 atom stereocenters. The lowest BCUT2D eigenvalue weighted by atomic mass is 10.00. The van der Waals surface area contributed by atoms with Crippen molar-refractivity contribution in [3.8, 4) is 0 Å². The number of para-hydroxylation sites is 1. The molecule has 2 aromatic carbocycles. The van der Waals surface area contributed by atoms with E-state index in [1.54, 1.807) is 25.6 Å². The van der Waals surface area contributed by atoms with Gasteiger partial charge in [0.1, 0.15) is 5.54 Å². The Balaban J connectivity index is 1.61. The molecule has 0 spiro atoms. The van der Waals surface area contributed by atoms with E-state index in [0.29, 0.717) is 6.42 Å². The van der Waals surface area contributed by atoms with Gasteiger partial charge in [0.15, 0.2) is 0 Å². The van der Waals surface area contributed by atoms with E-state index in [9.17, 15) is 14.4 Å². The van der Waals surface area contributed by atoms with Gasteiger partial charge in [-0.15, -0.1) is 0 Å². The minimum Gasteiger partial charge on any atom is -0.375 e. The zero-order valence-electron chi connectivity index (χ0n) is 15.7. The Labute approximate surface area is 167 Å². The molecule has 0 aromatic heterocycles. The minimum atomic E-state index is -0.989. The predicted molar refractivity (Wildman–Crippen MR) is 108 cm³/mol. The molecule has 1 unspecified atom stereocenters. The molecule has 2 aromatic rings. The number of benzene rings is 2. The number of nitrogens with one attached hydrogen (secondary N) is 3. The summed E-state index contributed by atoms with van der Waals surface area (Å²) in [5.74, 6) is -0.947. The van der Waals surface area contributed by atoms with E-state index in [1.807, 2.05) is 54.6 Å². The van der Waals surface area contributed by atoms with Gasteiger partial charge in [-0.25, -0.2) is 4.79 Å². The van der Waals surface area contributed by atoms with Crippen LogP contribution in [0.4, 0.5) is 10.5 Å². The summed E-state index contributed by atoms with van der Waals surface area (Å²) in [6.45, 7) is 3.35. The van der Waals surface area contributed by atoms with Crippen LogP contribution in [0.1, 0.15) is 20.3 Å². The third kappa shape index (κ3) is 4.28. The van der Waals surface area contributed by atoms with Crippen molar-refractivity contribution in [3.05, 3.63) is 54.6 Å². The van der Waals surface area contributed by atoms with E-state index in [0.717, 1.165) is 20.5 Å². The molecular weight excluding hydrogens is 376 g/mol. The molecule has 28 heavy (non-hydrogen) atoms. The Morgan fingerprint density at radius 1 is 1.11 bits per heavy atom. The largest absolute Gasteiger partial charge is 0.375 e. The first-order chi connectivity index (χ1) is 13.4. The van der Waals surface area contributed by atoms with Gasteiger partial charge in [0.25, 0.3) is 11.8 Å². The standard InChI is InChI=1S/C20H22N4O3S/c1-3-20(2)18(26)24(19(27)22-20)23-17(25)13-21-15-11-7-8-12-16(15)28-14-9-5-4-6-10-14/h4-12,21H,3,13H2,1-2H3,(H,22,27)(H,23,25). The molecular formula is C20H22N4O3S. The second-order valence-electron chi connectivity index (χ2n) is 6.56. The maximum Gasteiger partial charge on any atom is 0.344 e. The fraction of sp³-hybridized carbons (Fsp3) is 0.250.